The van der Waals surface area contributed by atoms with E-state index in [1.807, 2.05) is 0 Å². The number of hydrogen-bond donors (Lipinski definition) is 3. The lowest BCUT2D eigenvalue weighted by Crippen LogP contribution is -2.52. The maximum atomic E-state index is 11.0. The molecule has 4 nitrogen and oxygen atoms in total. The fraction of sp³-hybridized carbons (Fsp3) is 0.900. The highest BCUT2D eigenvalue weighted by Crippen LogP contribution is 2.22. The van der Waals surface area contributed by atoms with Crippen molar-refractivity contribution in [3.63, 3.8) is 0 Å². The number of carboxylic acids is 1. The molecule has 0 saturated carbocycles. The molecule has 3 atom stereocenters. The number of piperidine rings is 1. The third kappa shape index (κ3) is 2.69. The zero-order chi connectivity index (χ0) is 10.7. The van der Waals surface area contributed by atoms with E-state index >= 15 is 0 Å². The summed E-state index contributed by atoms with van der Waals surface area (Å²) in [5.74, 6) is -1.10. The SMILES string of the molecule is CC(C)CC1NCCC(O)C1C(=O)O. The van der Waals surface area contributed by atoms with E-state index in [0.29, 0.717) is 18.9 Å². The van der Waals surface area contributed by atoms with Crippen molar-refractivity contribution in [1.82, 2.24) is 5.32 Å². The normalized spacial score (nSPS) is 33.3. The van der Waals surface area contributed by atoms with Gasteiger partial charge in [0.1, 0.15) is 0 Å². The summed E-state index contributed by atoms with van der Waals surface area (Å²) < 4.78 is 0. The van der Waals surface area contributed by atoms with Gasteiger partial charge in [-0.2, -0.15) is 0 Å². The van der Waals surface area contributed by atoms with Gasteiger partial charge < -0.3 is 15.5 Å². The smallest absolute Gasteiger partial charge is 0.310 e. The molecule has 3 unspecified atom stereocenters. The number of hydrogen-bond acceptors (Lipinski definition) is 3. The number of carboxylic acid groups (broad SMARTS) is 1. The molecule has 0 aromatic carbocycles. The Morgan fingerprint density at radius 3 is 2.71 bits per heavy atom. The first-order chi connectivity index (χ1) is 6.52. The lowest BCUT2D eigenvalue weighted by Gasteiger charge is -2.34. The van der Waals surface area contributed by atoms with E-state index < -0.39 is 18.0 Å². The van der Waals surface area contributed by atoms with Gasteiger partial charge in [-0.15, -0.1) is 0 Å². The minimum Gasteiger partial charge on any atom is -0.481 e. The standard InChI is InChI=1S/C10H19NO3/c1-6(2)5-7-9(10(13)14)8(12)3-4-11-7/h6-9,11-12H,3-5H2,1-2H3,(H,13,14). The minimum absolute atomic E-state index is 0.0868. The quantitative estimate of drug-likeness (QED) is 0.620. The third-order valence-corrected chi connectivity index (χ3v) is 2.71. The Kier molecular flexibility index (Phi) is 3.89. The first-order valence-electron chi connectivity index (χ1n) is 5.16. The number of aliphatic hydroxyl groups excluding tert-OH is 1. The van der Waals surface area contributed by atoms with Crippen LogP contribution < -0.4 is 5.32 Å². The summed E-state index contributed by atoms with van der Waals surface area (Å²) in [6.07, 6.45) is 0.636. The van der Waals surface area contributed by atoms with Crippen LogP contribution in [0.1, 0.15) is 26.7 Å². The van der Waals surface area contributed by atoms with E-state index in [2.05, 4.69) is 19.2 Å². The molecule has 1 heterocycles. The zero-order valence-corrected chi connectivity index (χ0v) is 8.73. The summed E-state index contributed by atoms with van der Waals surface area (Å²) in [6.45, 7) is 4.82. The van der Waals surface area contributed by atoms with E-state index in [0.717, 1.165) is 6.42 Å². The van der Waals surface area contributed by atoms with E-state index in [4.69, 9.17) is 5.11 Å². The highest BCUT2D eigenvalue weighted by Gasteiger charge is 2.37. The number of aliphatic hydroxyl groups is 1. The topological polar surface area (TPSA) is 69.6 Å². The van der Waals surface area contributed by atoms with Gasteiger partial charge in [0.15, 0.2) is 0 Å². The van der Waals surface area contributed by atoms with E-state index in [1.165, 1.54) is 0 Å². The summed E-state index contributed by atoms with van der Waals surface area (Å²) in [5.41, 5.74) is 0. The molecule has 0 amide bonds. The Hall–Kier alpha value is -0.610. The van der Waals surface area contributed by atoms with Crippen molar-refractivity contribution in [1.29, 1.82) is 0 Å². The van der Waals surface area contributed by atoms with Crippen LogP contribution in [0.2, 0.25) is 0 Å². The van der Waals surface area contributed by atoms with E-state index in [-0.39, 0.29) is 6.04 Å². The molecule has 0 spiro atoms. The van der Waals surface area contributed by atoms with E-state index in [9.17, 15) is 9.90 Å². The van der Waals surface area contributed by atoms with Gasteiger partial charge in [-0.1, -0.05) is 13.8 Å². The Bertz CT molecular complexity index is 206. The molecule has 3 N–H and O–H groups in total. The number of carbonyl (C=O) groups is 1. The van der Waals surface area contributed by atoms with Crippen molar-refractivity contribution in [3.05, 3.63) is 0 Å². The number of aliphatic carboxylic acids is 1. The van der Waals surface area contributed by atoms with Crippen LogP contribution in [0.5, 0.6) is 0 Å². The minimum atomic E-state index is -0.893. The molecule has 1 aliphatic heterocycles. The Labute approximate surface area is 84.3 Å². The molecule has 1 aliphatic rings. The van der Waals surface area contributed by atoms with Crippen LogP contribution in [-0.4, -0.2) is 34.9 Å². The summed E-state index contributed by atoms with van der Waals surface area (Å²) in [5, 5.41) is 21.8. The molecule has 0 aromatic rings. The largest absolute Gasteiger partial charge is 0.481 e. The fourth-order valence-electron chi connectivity index (χ4n) is 2.07. The molecule has 1 rings (SSSR count). The van der Waals surface area contributed by atoms with Crippen LogP contribution >= 0.6 is 0 Å². The molecule has 0 aromatic heterocycles. The molecule has 4 heteroatoms. The first-order valence-corrected chi connectivity index (χ1v) is 5.16. The van der Waals surface area contributed by atoms with Gasteiger partial charge in [0.25, 0.3) is 0 Å². The van der Waals surface area contributed by atoms with Crippen LogP contribution in [-0.2, 0) is 4.79 Å². The average Bonchev–Trinajstić information content (AvgIpc) is 2.01. The van der Waals surface area contributed by atoms with Crippen LogP contribution in [0, 0.1) is 11.8 Å². The molecule has 1 saturated heterocycles. The van der Waals surface area contributed by atoms with Crippen molar-refractivity contribution < 1.29 is 15.0 Å². The van der Waals surface area contributed by atoms with Crippen molar-refractivity contribution in [2.45, 2.75) is 38.8 Å². The Morgan fingerprint density at radius 1 is 1.57 bits per heavy atom. The molecule has 0 bridgehead atoms. The lowest BCUT2D eigenvalue weighted by molar-refractivity contribution is -0.149. The summed E-state index contributed by atoms with van der Waals surface area (Å²) in [4.78, 5) is 11.0. The maximum absolute atomic E-state index is 11.0. The summed E-state index contributed by atoms with van der Waals surface area (Å²) in [7, 11) is 0. The predicted molar refractivity (Wildman–Crippen MR) is 53.0 cm³/mol. The predicted octanol–water partition coefficient (Wildman–Crippen LogP) is 0.456. The van der Waals surface area contributed by atoms with Crippen LogP contribution in [0.15, 0.2) is 0 Å². The molecule has 1 fully saturated rings. The second kappa shape index (κ2) is 4.75. The van der Waals surface area contributed by atoms with Gasteiger partial charge in [-0.3, -0.25) is 4.79 Å². The van der Waals surface area contributed by atoms with Gasteiger partial charge in [0, 0.05) is 6.04 Å². The second-order valence-corrected chi connectivity index (χ2v) is 4.41. The van der Waals surface area contributed by atoms with E-state index in [1.54, 1.807) is 0 Å². The third-order valence-electron chi connectivity index (χ3n) is 2.71. The Balaban J connectivity index is 2.64. The maximum Gasteiger partial charge on any atom is 0.310 e. The van der Waals surface area contributed by atoms with Crippen molar-refractivity contribution >= 4 is 5.97 Å². The molecule has 14 heavy (non-hydrogen) atoms. The van der Waals surface area contributed by atoms with Crippen molar-refractivity contribution in [3.8, 4) is 0 Å². The fourth-order valence-corrected chi connectivity index (χ4v) is 2.07. The zero-order valence-electron chi connectivity index (χ0n) is 8.73. The molecular weight excluding hydrogens is 182 g/mol. The van der Waals surface area contributed by atoms with Crippen LogP contribution in [0.25, 0.3) is 0 Å². The Morgan fingerprint density at radius 2 is 2.21 bits per heavy atom. The second-order valence-electron chi connectivity index (χ2n) is 4.41. The van der Waals surface area contributed by atoms with Crippen molar-refractivity contribution in [2.75, 3.05) is 6.54 Å². The number of rotatable bonds is 3. The van der Waals surface area contributed by atoms with Gasteiger partial charge in [0.2, 0.25) is 0 Å². The van der Waals surface area contributed by atoms with Gasteiger partial charge in [-0.05, 0) is 25.3 Å². The number of nitrogens with one attached hydrogen (secondary N) is 1. The van der Waals surface area contributed by atoms with Gasteiger partial charge >= 0.3 is 5.97 Å². The van der Waals surface area contributed by atoms with Crippen LogP contribution in [0.3, 0.4) is 0 Å². The summed E-state index contributed by atoms with van der Waals surface area (Å²) in [6, 6.07) is -0.0868. The van der Waals surface area contributed by atoms with Gasteiger partial charge in [-0.25, -0.2) is 0 Å². The molecule has 0 aliphatic carbocycles. The lowest BCUT2D eigenvalue weighted by atomic mass is 9.84. The highest BCUT2D eigenvalue weighted by molar-refractivity contribution is 5.71. The van der Waals surface area contributed by atoms with Gasteiger partial charge in [0.05, 0.1) is 12.0 Å². The molecule has 0 radical (unpaired) electrons. The highest BCUT2D eigenvalue weighted by atomic mass is 16.4. The monoisotopic (exact) mass is 201 g/mol. The molecular formula is C10H19NO3. The molecule has 82 valence electrons. The summed E-state index contributed by atoms with van der Waals surface area (Å²) >= 11 is 0. The average molecular weight is 201 g/mol. The first kappa shape index (κ1) is 11.5. The van der Waals surface area contributed by atoms with Crippen molar-refractivity contribution in [2.24, 2.45) is 11.8 Å². The van der Waals surface area contributed by atoms with Crippen LogP contribution in [0.4, 0.5) is 0 Å².